The highest BCUT2D eigenvalue weighted by atomic mass is 32.2. The Bertz CT molecular complexity index is 1640. The first-order chi connectivity index (χ1) is 21.2. The second kappa shape index (κ2) is 14.2. The maximum Gasteiger partial charge on any atom is 0.266 e. The molecule has 1 aliphatic rings. The normalized spacial score (nSPS) is 17.7. The number of rotatable bonds is 12. The highest BCUT2D eigenvalue weighted by molar-refractivity contribution is 7.85. The van der Waals surface area contributed by atoms with Crippen LogP contribution in [0.3, 0.4) is 0 Å². The summed E-state index contributed by atoms with van der Waals surface area (Å²) in [5.41, 5.74) is 3.84. The molecule has 4 aromatic rings. The minimum Gasteiger partial charge on any atom is -0.456 e. The van der Waals surface area contributed by atoms with Crippen molar-refractivity contribution in [2.75, 3.05) is 17.6 Å². The summed E-state index contributed by atoms with van der Waals surface area (Å²) in [6.07, 6.45) is 7.27. The number of carbonyl (C=O) groups excluding carboxylic acids is 2. The Kier molecular flexibility index (Phi) is 10.2. The van der Waals surface area contributed by atoms with E-state index in [1.165, 1.54) is 12.8 Å². The molecule has 3 aromatic carbocycles. The van der Waals surface area contributed by atoms with Crippen LogP contribution in [0.5, 0.6) is 0 Å². The van der Waals surface area contributed by atoms with Crippen molar-refractivity contribution >= 4 is 38.6 Å². The molecule has 0 bridgehead atoms. The third-order valence-electron chi connectivity index (χ3n) is 8.67. The minimum atomic E-state index is -4.15. The molecule has 1 unspecified atom stereocenters. The summed E-state index contributed by atoms with van der Waals surface area (Å²) >= 11 is 0. The van der Waals surface area contributed by atoms with Gasteiger partial charge in [-0.2, -0.15) is 8.42 Å². The van der Waals surface area contributed by atoms with Gasteiger partial charge in [-0.15, -0.1) is 0 Å². The summed E-state index contributed by atoms with van der Waals surface area (Å²) in [6.45, 7) is 2.04. The Hall–Kier alpha value is -3.95. The van der Waals surface area contributed by atoms with Crippen molar-refractivity contribution in [1.29, 1.82) is 0 Å². The molecule has 2 amide bonds. The van der Waals surface area contributed by atoms with Crippen LogP contribution in [0.15, 0.2) is 83.3 Å². The van der Waals surface area contributed by atoms with Crippen LogP contribution in [0, 0.1) is 17.8 Å². The zero-order valence-corrected chi connectivity index (χ0v) is 25.8. The molecule has 1 aromatic heterocycles. The summed E-state index contributed by atoms with van der Waals surface area (Å²) in [4.78, 5) is 26.2. The topological polar surface area (TPSA) is 126 Å². The molecule has 1 aliphatic carbocycles. The fourth-order valence-corrected chi connectivity index (χ4v) is 6.64. The van der Waals surface area contributed by atoms with Gasteiger partial charge in [0.1, 0.15) is 11.3 Å². The molecule has 0 aliphatic heterocycles. The van der Waals surface area contributed by atoms with E-state index in [4.69, 9.17) is 8.97 Å². The number of benzene rings is 3. The zero-order valence-electron chi connectivity index (χ0n) is 25.0. The minimum absolute atomic E-state index is 0.00698. The van der Waals surface area contributed by atoms with Gasteiger partial charge in [0.15, 0.2) is 0 Å². The smallest absolute Gasteiger partial charge is 0.266 e. The lowest BCUT2D eigenvalue weighted by molar-refractivity contribution is -0.122. The highest BCUT2D eigenvalue weighted by Crippen LogP contribution is 2.37. The van der Waals surface area contributed by atoms with E-state index in [2.05, 4.69) is 17.6 Å². The van der Waals surface area contributed by atoms with Crippen LogP contribution < -0.4 is 10.6 Å². The number of anilines is 1. The van der Waals surface area contributed by atoms with Crippen molar-refractivity contribution < 1.29 is 27.0 Å². The molecule has 1 fully saturated rings. The van der Waals surface area contributed by atoms with E-state index in [-0.39, 0.29) is 24.3 Å². The number of carbonyl (C=O) groups is 2. The average molecular weight is 617 g/mol. The molecular formula is C35H40N2O6S. The SMILES string of the molecule is CCCC1CCC(C(Cc2ccc(C(=O)NCCS(=O)(=O)O)cc2)C(=O)Nc2ccc(-c3cc4ccccc4o3)cc2)CC1. The van der Waals surface area contributed by atoms with Crippen LogP contribution in [-0.2, 0) is 21.3 Å². The lowest BCUT2D eigenvalue weighted by Crippen LogP contribution is -2.33. The molecule has 1 atom stereocenters. The fourth-order valence-electron chi connectivity index (χ4n) is 6.28. The summed E-state index contributed by atoms with van der Waals surface area (Å²) < 4.78 is 36.7. The van der Waals surface area contributed by atoms with Gasteiger partial charge >= 0.3 is 0 Å². The van der Waals surface area contributed by atoms with Gasteiger partial charge < -0.3 is 15.1 Å². The second-order valence-electron chi connectivity index (χ2n) is 11.8. The maximum atomic E-state index is 13.8. The predicted molar refractivity (Wildman–Crippen MR) is 173 cm³/mol. The Labute approximate surface area is 259 Å². The van der Waals surface area contributed by atoms with Crippen molar-refractivity contribution in [3.05, 3.63) is 90.0 Å². The third-order valence-corrected chi connectivity index (χ3v) is 9.39. The number of nitrogens with one attached hydrogen (secondary N) is 2. The molecule has 232 valence electrons. The molecular weight excluding hydrogens is 576 g/mol. The Morgan fingerprint density at radius 2 is 1.66 bits per heavy atom. The van der Waals surface area contributed by atoms with Gasteiger partial charge in [-0.3, -0.25) is 14.1 Å². The number of para-hydroxylation sites is 1. The van der Waals surface area contributed by atoms with Crippen molar-refractivity contribution in [1.82, 2.24) is 5.32 Å². The van der Waals surface area contributed by atoms with Gasteiger partial charge in [0.05, 0.1) is 5.75 Å². The van der Waals surface area contributed by atoms with Gasteiger partial charge in [0.2, 0.25) is 5.91 Å². The summed E-state index contributed by atoms with van der Waals surface area (Å²) in [5.74, 6) is 0.577. The number of hydrogen-bond donors (Lipinski definition) is 3. The molecule has 0 radical (unpaired) electrons. The highest BCUT2D eigenvalue weighted by Gasteiger charge is 2.32. The van der Waals surface area contributed by atoms with Gasteiger partial charge in [0, 0.05) is 34.7 Å². The molecule has 44 heavy (non-hydrogen) atoms. The molecule has 3 N–H and O–H groups in total. The molecule has 8 nitrogen and oxygen atoms in total. The number of furan rings is 1. The zero-order chi connectivity index (χ0) is 31.1. The second-order valence-corrected chi connectivity index (χ2v) is 13.4. The maximum absolute atomic E-state index is 13.8. The van der Waals surface area contributed by atoms with E-state index in [0.29, 0.717) is 12.0 Å². The molecule has 0 spiro atoms. The summed E-state index contributed by atoms with van der Waals surface area (Å²) in [5, 5.41) is 6.71. The lowest BCUT2D eigenvalue weighted by atomic mass is 9.72. The van der Waals surface area contributed by atoms with Crippen molar-refractivity contribution in [2.45, 2.75) is 51.9 Å². The van der Waals surface area contributed by atoms with Crippen LogP contribution in [0.2, 0.25) is 0 Å². The first-order valence-electron chi connectivity index (χ1n) is 15.4. The molecule has 1 saturated carbocycles. The Balaban J connectivity index is 1.27. The number of hydrogen-bond acceptors (Lipinski definition) is 5. The Morgan fingerprint density at radius 1 is 0.955 bits per heavy atom. The first-order valence-corrected chi connectivity index (χ1v) is 17.0. The molecule has 0 saturated heterocycles. The van der Waals surface area contributed by atoms with Crippen LogP contribution >= 0.6 is 0 Å². The monoisotopic (exact) mass is 616 g/mol. The standard InChI is InChI=1S/C35H40N2O6S/c1-2-5-24-8-12-26(13-9-24)31(22-25-10-14-28(15-11-25)34(38)36-20-21-44(40,41)42)35(39)37-30-18-16-27(17-19-30)33-23-29-6-3-4-7-32(29)43-33/h3-4,6-7,10-11,14-19,23-24,26,31H,2,5,8-9,12-13,20-22H2,1H3,(H,36,38)(H,37,39)(H,40,41,42). The van der Waals surface area contributed by atoms with Crippen molar-refractivity contribution in [3.8, 4) is 11.3 Å². The van der Waals surface area contributed by atoms with E-state index in [1.807, 2.05) is 66.7 Å². The molecule has 1 heterocycles. The first kappa shape index (κ1) is 31.5. The largest absolute Gasteiger partial charge is 0.456 e. The van der Waals surface area contributed by atoms with Gasteiger partial charge in [0.25, 0.3) is 16.0 Å². The predicted octanol–water partition coefficient (Wildman–Crippen LogP) is 7.12. The lowest BCUT2D eigenvalue weighted by Gasteiger charge is -2.33. The summed E-state index contributed by atoms with van der Waals surface area (Å²) in [7, 11) is -4.15. The summed E-state index contributed by atoms with van der Waals surface area (Å²) in [6, 6.07) is 24.7. The van der Waals surface area contributed by atoms with Gasteiger partial charge in [-0.1, -0.05) is 62.9 Å². The van der Waals surface area contributed by atoms with E-state index >= 15 is 0 Å². The third kappa shape index (κ3) is 8.36. The van der Waals surface area contributed by atoms with E-state index in [1.54, 1.807) is 12.1 Å². The Morgan fingerprint density at radius 3 is 2.32 bits per heavy atom. The molecule has 9 heteroatoms. The van der Waals surface area contributed by atoms with Crippen LogP contribution in [0.25, 0.3) is 22.3 Å². The van der Waals surface area contributed by atoms with Gasteiger partial charge in [-0.05, 0) is 85.2 Å². The molecule has 5 rings (SSSR count). The van der Waals surface area contributed by atoms with E-state index in [0.717, 1.165) is 65.1 Å². The average Bonchev–Trinajstić information content (AvgIpc) is 3.45. The number of fused-ring (bicyclic) bond motifs is 1. The van der Waals surface area contributed by atoms with Gasteiger partial charge in [-0.25, -0.2) is 0 Å². The fraction of sp³-hybridized carbons (Fsp3) is 0.371. The van der Waals surface area contributed by atoms with E-state index in [9.17, 15) is 18.0 Å². The van der Waals surface area contributed by atoms with Crippen LogP contribution in [0.4, 0.5) is 5.69 Å². The van der Waals surface area contributed by atoms with Crippen LogP contribution in [-0.4, -0.2) is 37.1 Å². The quantitative estimate of drug-likeness (QED) is 0.146. The van der Waals surface area contributed by atoms with Crippen LogP contribution in [0.1, 0.15) is 61.4 Å². The van der Waals surface area contributed by atoms with Crippen molar-refractivity contribution in [3.63, 3.8) is 0 Å². The van der Waals surface area contributed by atoms with Crippen molar-refractivity contribution in [2.24, 2.45) is 17.8 Å². The number of amides is 2. The van der Waals surface area contributed by atoms with E-state index < -0.39 is 21.8 Å².